The largest absolute Gasteiger partial charge is 0.0613 e. The van der Waals surface area contributed by atoms with E-state index in [9.17, 15) is 0 Å². The summed E-state index contributed by atoms with van der Waals surface area (Å²) in [4.78, 5) is 0. The maximum atomic E-state index is 3.49. The fourth-order valence-electron chi connectivity index (χ4n) is 0.835. The standard InChI is InChI=1S/C8H7Br3/c1-2-5-3-7(10)8(11)4-6(5)9/h3-4H,2H2,1H3/i3+1,4+1,5+1,6+1,7+1,8+1. The highest BCUT2D eigenvalue weighted by Crippen LogP contribution is 2.29. The third-order valence-electron chi connectivity index (χ3n) is 1.47. The minimum absolute atomic E-state index is 1.05. The van der Waals surface area contributed by atoms with Crippen molar-refractivity contribution in [2.24, 2.45) is 0 Å². The summed E-state index contributed by atoms with van der Waals surface area (Å²) >= 11 is 10.4. The summed E-state index contributed by atoms with van der Waals surface area (Å²) in [6.45, 7) is 2.14. The summed E-state index contributed by atoms with van der Waals surface area (Å²) in [6, 6.07) is 4.18. The SMILES string of the molecule is CC[13c]1[13cH][13c](Br)[13c](Br)[13cH][13c]1Br. The molecule has 0 saturated carbocycles. The van der Waals surface area contributed by atoms with Crippen LogP contribution in [0.1, 0.15) is 12.5 Å². The summed E-state index contributed by atoms with van der Waals surface area (Å²) in [6.07, 6.45) is 1.05. The van der Waals surface area contributed by atoms with Gasteiger partial charge >= 0.3 is 0 Å². The average Bonchev–Trinajstić information content (AvgIpc) is 1.97. The van der Waals surface area contributed by atoms with Gasteiger partial charge in [0.1, 0.15) is 0 Å². The first kappa shape index (κ1) is 9.75. The van der Waals surface area contributed by atoms with Crippen LogP contribution in [0.5, 0.6) is 0 Å². The molecule has 60 valence electrons. The van der Waals surface area contributed by atoms with Crippen LogP contribution in [0.4, 0.5) is 0 Å². The molecule has 0 aliphatic heterocycles. The molecule has 0 aromatic heterocycles. The highest BCUT2D eigenvalue weighted by atomic mass is 79.9. The second-order valence-electron chi connectivity index (χ2n) is 2.21. The van der Waals surface area contributed by atoms with Crippen molar-refractivity contribution in [3.05, 3.63) is 31.1 Å². The summed E-state index contributed by atoms with van der Waals surface area (Å²) in [5, 5.41) is 0. The van der Waals surface area contributed by atoms with Crippen molar-refractivity contribution in [3.63, 3.8) is 0 Å². The molecule has 0 N–H and O–H groups in total. The Kier molecular flexibility index (Phi) is 3.59. The van der Waals surface area contributed by atoms with Crippen LogP contribution < -0.4 is 0 Å². The quantitative estimate of drug-likeness (QED) is 0.654. The predicted octanol–water partition coefficient (Wildman–Crippen LogP) is 4.54. The number of rotatable bonds is 1. The van der Waals surface area contributed by atoms with Crippen molar-refractivity contribution in [3.8, 4) is 0 Å². The topological polar surface area (TPSA) is 0 Å². The molecule has 0 nitrogen and oxygen atoms in total. The fourth-order valence-corrected chi connectivity index (χ4v) is 2.50. The van der Waals surface area contributed by atoms with Gasteiger partial charge in [-0.25, -0.2) is 0 Å². The van der Waals surface area contributed by atoms with E-state index in [0.29, 0.717) is 0 Å². The normalized spacial score (nSPS) is 10.2. The zero-order chi connectivity index (χ0) is 8.43. The second-order valence-corrected chi connectivity index (χ2v) is 4.77. The van der Waals surface area contributed by atoms with Crippen LogP contribution in [0.3, 0.4) is 0 Å². The van der Waals surface area contributed by atoms with Crippen LogP contribution in [0, 0.1) is 0 Å². The summed E-state index contributed by atoms with van der Waals surface area (Å²) in [7, 11) is 0. The van der Waals surface area contributed by atoms with Crippen LogP contribution in [0.25, 0.3) is 0 Å². The van der Waals surface area contributed by atoms with E-state index in [1.165, 1.54) is 5.56 Å². The smallest absolute Gasteiger partial charge is 0.0328 e. The Bertz CT molecular complexity index is 268. The molecule has 0 fully saturated rings. The molecule has 0 heterocycles. The van der Waals surface area contributed by atoms with E-state index in [-0.39, 0.29) is 0 Å². The Morgan fingerprint density at radius 3 is 2.09 bits per heavy atom. The third-order valence-corrected chi connectivity index (χ3v) is 4.05. The number of hydrogen-bond donors (Lipinski definition) is 0. The number of halogens is 3. The first-order valence-corrected chi connectivity index (χ1v) is 5.66. The number of benzene rings is 1. The van der Waals surface area contributed by atoms with Crippen LogP contribution >= 0.6 is 47.8 Å². The van der Waals surface area contributed by atoms with Crippen LogP contribution in [-0.4, -0.2) is 0 Å². The molecule has 0 amide bonds. The molecule has 0 unspecified atom stereocenters. The van der Waals surface area contributed by atoms with E-state index in [1.807, 2.05) is 0 Å². The monoisotopic (exact) mass is 346 g/mol. The molecule has 0 radical (unpaired) electrons. The molecule has 0 aliphatic rings. The number of hydrogen-bond acceptors (Lipinski definition) is 0. The minimum Gasteiger partial charge on any atom is -0.0613 e. The first-order valence-electron chi connectivity index (χ1n) is 3.28. The molecule has 0 atom stereocenters. The van der Waals surface area contributed by atoms with Crippen molar-refractivity contribution in [1.82, 2.24) is 0 Å². The van der Waals surface area contributed by atoms with Gasteiger partial charge in [0.2, 0.25) is 0 Å². The highest BCUT2D eigenvalue weighted by molar-refractivity contribution is 9.13. The lowest BCUT2D eigenvalue weighted by molar-refractivity contribution is 1.12. The Morgan fingerprint density at radius 1 is 1.00 bits per heavy atom. The maximum absolute atomic E-state index is 3.49. The van der Waals surface area contributed by atoms with Crippen molar-refractivity contribution < 1.29 is 0 Å². The van der Waals surface area contributed by atoms with Crippen molar-refractivity contribution in [1.29, 1.82) is 0 Å². The Hall–Kier alpha value is 0.660. The lowest BCUT2D eigenvalue weighted by atomic mass is 10.7. The molecular weight excluding hydrogens is 342 g/mol. The Morgan fingerprint density at radius 2 is 1.55 bits per heavy atom. The lowest BCUT2D eigenvalue weighted by Gasteiger charge is -2.03. The summed E-state index contributed by atoms with van der Waals surface area (Å²) in [5.41, 5.74) is 1.32. The molecule has 1 aromatic carbocycles. The van der Waals surface area contributed by atoms with E-state index < -0.39 is 0 Å². The molecular formula is C8H7Br3. The first-order chi connectivity index (χ1) is 5.15. The molecule has 0 bridgehead atoms. The van der Waals surface area contributed by atoms with E-state index in [4.69, 9.17) is 0 Å². The van der Waals surface area contributed by atoms with E-state index in [1.54, 1.807) is 0 Å². The van der Waals surface area contributed by atoms with E-state index >= 15 is 0 Å². The average molecular weight is 349 g/mol. The van der Waals surface area contributed by atoms with Crippen molar-refractivity contribution in [2.45, 2.75) is 13.3 Å². The molecule has 1 rings (SSSR count). The molecule has 0 spiro atoms. The van der Waals surface area contributed by atoms with Crippen LogP contribution in [0.2, 0.25) is 0 Å². The van der Waals surface area contributed by atoms with Gasteiger partial charge in [0, 0.05) is 13.4 Å². The minimum atomic E-state index is 1.05. The van der Waals surface area contributed by atoms with Crippen LogP contribution in [-0.2, 0) is 6.42 Å². The lowest BCUT2D eigenvalue weighted by Crippen LogP contribution is -1.82. The van der Waals surface area contributed by atoms with Gasteiger partial charge in [-0.15, -0.1) is 0 Å². The van der Waals surface area contributed by atoms with Gasteiger partial charge in [-0.3, -0.25) is 0 Å². The Labute approximate surface area is 91.8 Å². The predicted molar refractivity (Wildman–Crippen MR) is 58.9 cm³/mol. The zero-order valence-corrected chi connectivity index (χ0v) is 10.8. The van der Waals surface area contributed by atoms with Gasteiger partial charge in [0.05, 0.1) is 0 Å². The van der Waals surface area contributed by atoms with Crippen molar-refractivity contribution >= 4 is 47.8 Å². The van der Waals surface area contributed by atoms with Gasteiger partial charge < -0.3 is 0 Å². The van der Waals surface area contributed by atoms with Gasteiger partial charge in [-0.05, 0) is 56.0 Å². The highest BCUT2D eigenvalue weighted by Gasteiger charge is 2.01. The van der Waals surface area contributed by atoms with E-state index in [0.717, 1.165) is 19.8 Å². The third kappa shape index (κ3) is 2.30. The summed E-state index contributed by atoms with van der Waals surface area (Å²) in [5.74, 6) is 0. The Balaban J connectivity index is 3.21. The molecule has 0 aliphatic carbocycles. The van der Waals surface area contributed by atoms with Crippen LogP contribution in [0.15, 0.2) is 25.6 Å². The molecule has 0 saturated heterocycles. The van der Waals surface area contributed by atoms with Gasteiger partial charge in [0.25, 0.3) is 0 Å². The summed E-state index contributed by atoms with van der Waals surface area (Å²) < 4.78 is 3.36. The van der Waals surface area contributed by atoms with Crippen molar-refractivity contribution in [2.75, 3.05) is 0 Å². The fraction of sp³-hybridized carbons (Fsp3) is 0.250. The zero-order valence-electron chi connectivity index (χ0n) is 6.00. The molecule has 1 aromatic rings. The second kappa shape index (κ2) is 4.06. The van der Waals surface area contributed by atoms with Gasteiger partial charge in [0.15, 0.2) is 0 Å². The van der Waals surface area contributed by atoms with Gasteiger partial charge in [-0.1, -0.05) is 22.9 Å². The molecule has 11 heavy (non-hydrogen) atoms. The van der Waals surface area contributed by atoms with Gasteiger partial charge in [-0.2, -0.15) is 0 Å². The number of aryl methyl sites for hydroxylation is 1. The maximum Gasteiger partial charge on any atom is 0.0328 e. The molecule has 3 heteroatoms. The van der Waals surface area contributed by atoms with E-state index in [2.05, 4.69) is 66.8 Å².